The summed E-state index contributed by atoms with van der Waals surface area (Å²) in [5.41, 5.74) is 6.15. The summed E-state index contributed by atoms with van der Waals surface area (Å²) in [7, 11) is 4.58. The van der Waals surface area contributed by atoms with Gasteiger partial charge in [0.2, 0.25) is 0 Å². The quantitative estimate of drug-likeness (QED) is 0.765. The maximum atomic E-state index is 12.2. The first-order chi connectivity index (χ1) is 9.03. The van der Waals surface area contributed by atoms with Crippen molar-refractivity contribution in [3.63, 3.8) is 0 Å². The molecule has 0 bridgehead atoms. The Bertz CT molecular complexity index is 443. The van der Waals surface area contributed by atoms with Gasteiger partial charge in [0.1, 0.15) is 5.75 Å². The zero-order valence-corrected chi connectivity index (χ0v) is 11.9. The fraction of sp³-hybridized carbons (Fsp3) is 0.500. The van der Waals surface area contributed by atoms with Crippen LogP contribution in [-0.4, -0.2) is 33.2 Å². The van der Waals surface area contributed by atoms with Gasteiger partial charge in [0.15, 0.2) is 17.3 Å². The lowest BCUT2D eigenvalue weighted by atomic mass is 10.0. The van der Waals surface area contributed by atoms with E-state index in [2.05, 4.69) is 0 Å². The fourth-order valence-electron chi connectivity index (χ4n) is 1.74. The molecule has 0 radical (unpaired) electrons. The van der Waals surface area contributed by atoms with Gasteiger partial charge in [-0.25, -0.2) is 0 Å². The van der Waals surface area contributed by atoms with Gasteiger partial charge in [-0.1, -0.05) is 0 Å². The highest BCUT2D eigenvalue weighted by molar-refractivity contribution is 5.99. The highest BCUT2D eigenvalue weighted by atomic mass is 16.5. The van der Waals surface area contributed by atoms with E-state index in [-0.39, 0.29) is 11.8 Å². The summed E-state index contributed by atoms with van der Waals surface area (Å²) in [5.74, 6) is 1.50. The van der Waals surface area contributed by atoms with Gasteiger partial charge < -0.3 is 19.9 Å². The van der Waals surface area contributed by atoms with Gasteiger partial charge in [-0.15, -0.1) is 0 Å². The van der Waals surface area contributed by atoms with Crippen molar-refractivity contribution in [2.75, 3.05) is 21.3 Å². The number of benzene rings is 1. The minimum absolute atomic E-state index is 0.00455. The van der Waals surface area contributed by atoms with Crippen LogP contribution in [0.2, 0.25) is 0 Å². The summed E-state index contributed by atoms with van der Waals surface area (Å²) < 4.78 is 15.6. The standard InChI is InChI=1S/C14H21NO4/c1-9(15)5-6-11(16)10-7-13(18-3)14(19-4)8-12(10)17-2/h7-9H,5-6,15H2,1-4H3. The van der Waals surface area contributed by atoms with E-state index in [1.165, 1.54) is 21.3 Å². The molecule has 0 aliphatic heterocycles. The van der Waals surface area contributed by atoms with Crippen LogP contribution in [0.4, 0.5) is 0 Å². The number of carbonyl (C=O) groups excluding carboxylic acids is 1. The van der Waals surface area contributed by atoms with Crippen molar-refractivity contribution in [3.8, 4) is 17.2 Å². The molecule has 1 aromatic rings. The first-order valence-corrected chi connectivity index (χ1v) is 6.12. The third kappa shape index (κ3) is 3.86. The molecule has 0 aromatic heterocycles. The number of methoxy groups -OCH3 is 3. The Hall–Kier alpha value is -1.75. The molecular weight excluding hydrogens is 246 g/mol. The molecule has 1 rings (SSSR count). The number of ketones is 1. The predicted molar refractivity (Wildman–Crippen MR) is 73.3 cm³/mol. The molecule has 0 aliphatic carbocycles. The van der Waals surface area contributed by atoms with E-state index < -0.39 is 0 Å². The van der Waals surface area contributed by atoms with Crippen LogP contribution in [0.5, 0.6) is 17.2 Å². The fourth-order valence-corrected chi connectivity index (χ4v) is 1.74. The third-order valence-electron chi connectivity index (χ3n) is 2.83. The lowest BCUT2D eigenvalue weighted by molar-refractivity contribution is 0.0974. The minimum atomic E-state index is -0.0184. The Morgan fingerprint density at radius 2 is 1.63 bits per heavy atom. The first kappa shape index (κ1) is 15.3. The van der Waals surface area contributed by atoms with E-state index in [1.54, 1.807) is 12.1 Å². The number of ether oxygens (including phenoxy) is 3. The van der Waals surface area contributed by atoms with E-state index in [0.717, 1.165) is 0 Å². The van der Waals surface area contributed by atoms with Gasteiger partial charge in [0.05, 0.1) is 26.9 Å². The molecule has 2 N–H and O–H groups in total. The normalized spacial score (nSPS) is 11.8. The molecule has 1 atom stereocenters. The maximum absolute atomic E-state index is 12.2. The number of hydrogen-bond acceptors (Lipinski definition) is 5. The topological polar surface area (TPSA) is 70.8 Å². The minimum Gasteiger partial charge on any atom is -0.496 e. The van der Waals surface area contributed by atoms with Crippen molar-refractivity contribution in [3.05, 3.63) is 17.7 Å². The lowest BCUT2D eigenvalue weighted by Crippen LogP contribution is -2.16. The Labute approximate surface area is 113 Å². The van der Waals surface area contributed by atoms with Crippen molar-refractivity contribution < 1.29 is 19.0 Å². The molecule has 0 amide bonds. The van der Waals surface area contributed by atoms with Gasteiger partial charge in [-0.2, -0.15) is 0 Å². The molecule has 0 saturated heterocycles. The molecule has 0 saturated carbocycles. The van der Waals surface area contributed by atoms with Crippen molar-refractivity contribution >= 4 is 5.78 Å². The van der Waals surface area contributed by atoms with Gasteiger partial charge >= 0.3 is 0 Å². The van der Waals surface area contributed by atoms with Crippen LogP contribution in [0, 0.1) is 0 Å². The van der Waals surface area contributed by atoms with Gasteiger partial charge in [-0.05, 0) is 19.4 Å². The number of rotatable bonds is 7. The predicted octanol–water partition coefficient (Wildman–Crippen LogP) is 2.02. The van der Waals surface area contributed by atoms with Crippen LogP contribution in [0.1, 0.15) is 30.1 Å². The van der Waals surface area contributed by atoms with E-state index in [4.69, 9.17) is 19.9 Å². The van der Waals surface area contributed by atoms with Gasteiger partial charge in [-0.3, -0.25) is 4.79 Å². The van der Waals surface area contributed by atoms with Gasteiger partial charge in [0.25, 0.3) is 0 Å². The molecule has 5 heteroatoms. The van der Waals surface area contributed by atoms with Crippen LogP contribution < -0.4 is 19.9 Å². The van der Waals surface area contributed by atoms with Crippen LogP contribution in [0.25, 0.3) is 0 Å². The number of hydrogen-bond donors (Lipinski definition) is 1. The zero-order chi connectivity index (χ0) is 14.4. The molecule has 1 unspecified atom stereocenters. The van der Waals surface area contributed by atoms with Crippen LogP contribution in [-0.2, 0) is 0 Å². The van der Waals surface area contributed by atoms with Crippen molar-refractivity contribution in [2.45, 2.75) is 25.8 Å². The lowest BCUT2D eigenvalue weighted by Gasteiger charge is -2.13. The molecule has 0 aliphatic rings. The molecule has 0 fully saturated rings. The second-order valence-corrected chi connectivity index (χ2v) is 4.35. The third-order valence-corrected chi connectivity index (χ3v) is 2.83. The van der Waals surface area contributed by atoms with E-state index in [1.807, 2.05) is 6.92 Å². The first-order valence-electron chi connectivity index (χ1n) is 6.12. The molecular formula is C14H21NO4. The van der Waals surface area contributed by atoms with E-state index in [0.29, 0.717) is 35.7 Å². The average molecular weight is 267 g/mol. The van der Waals surface area contributed by atoms with Crippen molar-refractivity contribution in [1.29, 1.82) is 0 Å². The summed E-state index contributed by atoms with van der Waals surface area (Å²) in [6, 6.07) is 3.29. The van der Waals surface area contributed by atoms with Gasteiger partial charge in [0, 0.05) is 18.5 Å². The largest absolute Gasteiger partial charge is 0.496 e. The van der Waals surface area contributed by atoms with Crippen LogP contribution >= 0.6 is 0 Å². The molecule has 0 spiro atoms. The van der Waals surface area contributed by atoms with Crippen LogP contribution in [0.3, 0.4) is 0 Å². The van der Waals surface area contributed by atoms with E-state index >= 15 is 0 Å². The molecule has 106 valence electrons. The summed E-state index contributed by atoms with van der Waals surface area (Å²) in [4.78, 5) is 12.2. The monoisotopic (exact) mass is 267 g/mol. The average Bonchev–Trinajstić information content (AvgIpc) is 2.42. The van der Waals surface area contributed by atoms with E-state index in [9.17, 15) is 4.79 Å². The molecule has 5 nitrogen and oxygen atoms in total. The smallest absolute Gasteiger partial charge is 0.166 e. The highest BCUT2D eigenvalue weighted by Gasteiger charge is 2.17. The molecule has 0 heterocycles. The molecule has 1 aromatic carbocycles. The Kier molecular flexibility index (Phi) is 5.63. The summed E-state index contributed by atoms with van der Waals surface area (Å²) in [6.07, 6.45) is 1.01. The SMILES string of the molecule is COc1cc(OC)c(C(=O)CCC(C)N)cc1OC. The van der Waals surface area contributed by atoms with Crippen molar-refractivity contribution in [2.24, 2.45) is 5.73 Å². The Morgan fingerprint density at radius 3 is 2.11 bits per heavy atom. The number of Topliss-reactive ketones (excluding diaryl/α,β-unsaturated/α-hetero) is 1. The maximum Gasteiger partial charge on any atom is 0.166 e. The number of nitrogens with two attached hydrogens (primary N) is 1. The Balaban J connectivity index is 3.07. The zero-order valence-electron chi connectivity index (χ0n) is 11.9. The van der Waals surface area contributed by atoms with Crippen molar-refractivity contribution in [1.82, 2.24) is 0 Å². The summed E-state index contributed by atoms with van der Waals surface area (Å²) in [6.45, 7) is 1.87. The highest BCUT2D eigenvalue weighted by Crippen LogP contribution is 2.35. The Morgan fingerprint density at radius 1 is 1.11 bits per heavy atom. The summed E-state index contributed by atoms with van der Waals surface area (Å²) >= 11 is 0. The number of carbonyl (C=O) groups is 1. The van der Waals surface area contributed by atoms with Crippen LogP contribution in [0.15, 0.2) is 12.1 Å². The second-order valence-electron chi connectivity index (χ2n) is 4.35. The summed E-state index contributed by atoms with van der Waals surface area (Å²) in [5, 5.41) is 0. The molecule has 19 heavy (non-hydrogen) atoms. The second kappa shape index (κ2) is 6.99.